The van der Waals surface area contributed by atoms with Crippen LogP contribution in [0, 0.1) is 19.8 Å². The number of carbonyl (C=O) groups excluding carboxylic acids is 4. The molecule has 51 heavy (non-hydrogen) atoms. The van der Waals surface area contributed by atoms with Gasteiger partial charge < -0.3 is 30.2 Å². The zero-order valence-electron chi connectivity index (χ0n) is 30.2. The summed E-state index contributed by atoms with van der Waals surface area (Å²) in [7, 11) is 1.24. The van der Waals surface area contributed by atoms with Gasteiger partial charge in [-0.15, -0.1) is 11.3 Å². The van der Waals surface area contributed by atoms with E-state index in [9.17, 15) is 19.2 Å². The number of fused-ring (bicyclic) bond motifs is 3. The molecule has 11 nitrogen and oxygen atoms in total. The summed E-state index contributed by atoms with van der Waals surface area (Å²) in [6.07, 6.45) is 0.182. The number of carbonyl (C=O) groups is 4. The molecule has 12 heteroatoms. The quantitative estimate of drug-likeness (QED) is 0.152. The van der Waals surface area contributed by atoms with Crippen LogP contribution in [0.5, 0.6) is 5.75 Å². The van der Waals surface area contributed by atoms with Crippen LogP contribution in [0.1, 0.15) is 88.2 Å². The highest BCUT2D eigenvalue weighted by Gasteiger charge is 2.27. The second-order valence-electron chi connectivity index (χ2n) is 13.9. The molecular formula is C39H44N4O7S. The van der Waals surface area contributed by atoms with Gasteiger partial charge in [0.1, 0.15) is 17.0 Å². The van der Waals surface area contributed by atoms with Crippen LogP contribution < -0.4 is 20.7 Å². The molecule has 0 bridgehead atoms. The molecule has 0 aliphatic carbocycles. The fourth-order valence-corrected chi connectivity index (χ4v) is 6.77. The molecule has 0 fully saturated rings. The molecule has 3 N–H and O–H groups in total. The molecule has 268 valence electrons. The van der Waals surface area contributed by atoms with Gasteiger partial charge in [0, 0.05) is 52.3 Å². The first-order valence-corrected chi connectivity index (χ1v) is 17.7. The normalized spacial score (nSPS) is 12.2. The number of pyridine rings is 1. The molecule has 0 radical (unpaired) electrons. The molecule has 0 spiro atoms. The predicted molar refractivity (Wildman–Crippen MR) is 198 cm³/mol. The van der Waals surface area contributed by atoms with Gasteiger partial charge in [0.15, 0.2) is 5.69 Å². The molecular weight excluding hydrogens is 669 g/mol. The maximum atomic E-state index is 14.4. The van der Waals surface area contributed by atoms with Crippen molar-refractivity contribution in [1.82, 2.24) is 15.6 Å². The lowest BCUT2D eigenvalue weighted by atomic mass is 9.93. The van der Waals surface area contributed by atoms with Crippen LogP contribution in [0.2, 0.25) is 0 Å². The summed E-state index contributed by atoms with van der Waals surface area (Å²) in [6, 6.07) is 12.5. The molecule has 3 amide bonds. The number of alkyl carbamates (subject to hydrolysis) is 1. The lowest BCUT2D eigenvalue weighted by Gasteiger charge is -2.20. The van der Waals surface area contributed by atoms with E-state index in [1.54, 1.807) is 50.3 Å². The Bertz CT molecular complexity index is 1970. The Labute approximate surface area is 302 Å². The van der Waals surface area contributed by atoms with Crippen molar-refractivity contribution in [2.45, 2.75) is 67.0 Å². The number of aromatic nitrogens is 1. The Balaban J connectivity index is 1.57. The number of hydrogen-bond donors (Lipinski definition) is 3. The van der Waals surface area contributed by atoms with Crippen LogP contribution >= 0.6 is 11.3 Å². The second kappa shape index (κ2) is 15.3. The number of amides is 3. The van der Waals surface area contributed by atoms with Crippen molar-refractivity contribution in [2.75, 3.05) is 25.6 Å². The molecule has 5 rings (SSSR count). The van der Waals surface area contributed by atoms with E-state index in [2.05, 4.69) is 27.0 Å². The van der Waals surface area contributed by atoms with Crippen LogP contribution in [0.4, 0.5) is 10.5 Å². The number of esters is 1. The largest absolute Gasteiger partial charge is 0.493 e. The zero-order valence-corrected chi connectivity index (χ0v) is 31.1. The smallest absolute Gasteiger partial charge is 0.407 e. The number of anilines is 1. The molecule has 1 aliphatic heterocycles. The van der Waals surface area contributed by atoms with Gasteiger partial charge in [0.25, 0.3) is 11.8 Å². The number of nitrogens with zero attached hydrogens (tertiary/aromatic N) is 1. The van der Waals surface area contributed by atoms with Crippen molar-refractivity contribution in [3.63, 3.8) is 0 Å². The summed E-state index contributed by atoms with van der Waals surface area (Å²) in [5.41, 5.74) is 5.21. The van der Waals surface area contributed by atoms with Crippen LogP contribution in [0.3, 0.4) is 0 Å². The minimum absolute atomic E-state index is 0.0486. The topological polar surface area (TPSA) is 145 Å². The minimum atomic E-state index is -0.756. The Morgan fingerprint density at radius 3 is 2.33 bits per heavy atom. The first-order chi connectivity index (χ1) is 24.1. The summed E-state index contributed by atoms with van der Waals surface area (Å²) in [6.45, 7) is 14.2. The summed E-state index contributed by atoms with van der Waals surface area (Å²) in [4.78, 5) is 58.2. The molecule has 2 aromatic carbocycles. The van der Waals surface area contributed by atoms with Crippen molar-refractivity contribution in [3.05, 3.63) is 87.0 Å². The van der Waals surface area contributed by atoms with Crippen molar-refractivity contribution < 1.29 is 33.4 Å². The Hall–Kier alpha value is -5.23. The maximum absolute atomic E-state index is 14.4. The number of methoxy groups -OCH3 is 1. The highest BCUT2D eigenvalue weighted by molar-refractivity contribution is 7.13. The van der Waals surface area contributed by atoms with E-state index in [1.807, 2.05) is 45.2 Å². The van der Waals surface area contributed by atoms with E-state index in [1.165, 1.54) is 13.2 Å². The predicted octanol–water partition coefficient (Wildman–Crippen LogP) is 7.48. The third kappa shape index (κ3) is 8.75. The molecule has 1 aliphatic rings. The summed E-state index contributed by atoms with van der Waals surface area (Å²) >= 11 is 1.57. The number of benzene rings is 2. The van der Waals surface area contributed by atoms with Gasteiger partial charge in [0.2, 0.25) is 0 Å². The summed E-state index contributed by atoms with van der Waals surface area (Å²) in [5, 5.41) is 10.7. The minimum Gasteiger partial charge on any atom is -0.493 e. The molecule has 3 heterocycles. The number of nitrogens with one attached hydrogen (secondary N) is 3. The second-order valence-corrected chi connectivity index (χ2v) is 14.8. The average Bonchev–Trinajstić information content (AvgIpc) is 3.47. The van der Waals surface area contributed by atoms with E-state index in [0.29, 0.717) is 42.1 Å². The van der Waals surface area contributed by atoms with Gasteiger partial charge in [-0.05, 0) is 98.5 Å². The van der Waals surface area contributed by atoms with Crippen LogP contribution in [-0.4, -0.2) is 54.7 Å². The number of aryl methyl sites for hydroxylation is 2. The number of ether oxygens (including phenoxy) is 3. The van der Waals surface area contributed by atoms with Gasteiger partial charge in [-0.3, -0.25) is 9.59 Å². The summed E-state index contributed by atoms with van der Waals surface area (Å²) < 4.78 is 16.7. The van der Waals surface area contributed by atoms with Crippen LogP contribution in [0.15, 0.2) is 47.8 Å². The molecule has 0 saturated heterocycles. The van der Waals surface area contributed by atoms with Crippen molar-refractivity contribution in [3.8, 4) is 27.3 Å². The van der Waals surface area contributed by atoms with Crippen molar-refractivity contribution in [2.24, 2.45) is 5.92 Å². The summed E-state index contributed by atoms with van der Waals surface area (Å²) in [5.74, 6) is -0.824. The Morgan fingerprint density at radius 2 is 1.67 bits per heavy atom. The van der Waals surface area contributed by atoms with E-state index < -0.39 is 29.5 Å². The Morgan fingerprint density at radius 1 is 0.941 bits per heavy atom. The average molecular weight is 713 g/mol. The van der Waals surface area contributed by atoms with Crippen LogP contribution in [-0.2, 0) is 22.4 Å². The van der Waals surface area contributed by atoms with Crippen LogP contribution in [0.25, 0.3) is 21.6 Å². The number of rotatable bonds is 9. The fraction of sp³-hybridized carbons (Fsp3) is 0.359. The van der Waals surface area contributed by atoms with Gasteiger partial charge in [-0.2, -0.15) is 0 Å². The molecule has 0 unspecified atom stereocenters. The first kappa shape index (κ1) is 37.0. The first-order valence-electron chi connectivity index (χ1n) is 16.8. The lowest BCUT2D eigenvalue weighted by Crippen LogP contribution is -2.32. The fourth-order valence-electron chi connectivity index (χ4n) is 5.79. The van der Waals surface area contributed by atoms with Gasteiger partial charge in [0.05, 0.1) is 13.7 Å². The third-order valence-electron chi connectivity index (χ3n) is 8.12. The Kier molecular flexibility index (Phi) is 11.1. The highest BCUT2D eigenvalue weighted by Crippen LogP contribution is 2.43. The van der Waals surface area contributed by atoms with E-state index in [4.69, 9.17) is 14.2 Å². The van der Waals surface area contributed by atoms with E-state index >= 15 is 0 Å². The van der Waals surface area contributed by atoms with Gasteiger partial charge >= 0.3 is 12.1 Å². The SMILES string of the molecule is COC(=O)c1nc(C(=O)NCC(C)C)ccc1-c1cc2c(cc1C(=O)Nc1c(C)cc(CNC(=O)OC(C)(C)C)cc1C)-c1sccc1CCO2. The monoisotopic (exact) mass is 712 g/mol. The highest BCUT2D eigenvalue weighted by atomic mass is 32.1. The van der Waals surface area contributed by atoms with Crippen molar-refractivity contribution >= 4 is 40.9 Å². The molecule has 2 aromatic heterocycles. The lowest BCUT2D eigenvalue weighted by molar-refractivity contribution is 0.0522. The molecule has 0 atom stereocenters. The number of thiophene rings is 1. The van der Waals surface area contributed by atoms with Gasteiger partial charge in [-0.1, -0.05) is 26.0 Å². The number of hydrogen-bond acceptors (Lipinski definition) is 9. The maximum Gasteiger partial charge on any atom is 0.407 e. The van der Waals surface area contributed by atoms with Gasteiger partial charge in [-0.25, -0.2) is 14.6 Å². The van der Waals surface area contributed by atoms with E-state index in [0.717, 1.165) is 32.7 Å². The zero-order chi connectivity index (χ0) is 37.0. The third-order valence-corrected chi connectivity index (χ3v) is 9.11. The standard InChI is InChI=1S/C39H44N4O7S/c1-21(2)19-40-36(45)30-10-9-26(33(42-30)37(46)48-8)27-18-31-29(34-25(11-13-49-31)12-14-51-34)17-28(27)35(44)43-32-22(3)15-24(16-23(32)4)20-41-38(47)50-39(5,6)7/h9-10,12,14-18,21H,11,13,19-20H2,1-8H3,(H,40,45)(H,41,47)(H,43,44). The molecule has 0 saturated carbocycles. The van der Waals surface area contributed by atoms with Crippen molar-refractivity contribution in [1.29, 1.82) is 0 Å². The molecule has 4 aromatic rings. The van der Waals surface area contributed by atoms with E-state index in [-0.39, 0.29) is 29.4 Å².